The number of H-pyrrole nitrogens is 1. The number of ether oxygens (including phenoxy) is 1. The van der Waals surface area contributed by atoms with Crippen LogP contribution in [0.2, 0.25) is 0 Å². The summed E-state index contributed by atoms with van der Waals surface area (Å²) in [5, 5.41) is 8.51. The molecule has 136 valence electrons. The van der Waals surface area contributed by atoms with Gasteiger partial charge in [-0.15, -0.1) is 0 Å². The van der Waals surface area contributed by atoms with E-state index in [1.165, 1.54) is 12.2 Å². The van der Waals surface area contributed by atoms with Crippen LogP contribution >= 0.6 is 0 Å². The minimum atomic E-state index is -0.512. The summed E-state index contributed by atoms with van der Waals surface area (Å²) in [5.74, 6) is -0.743. The predicted molar refractivity (Wildman–Crippen MR) is 103 cm³/mol. The molecule has 2 heterocycles. The minimum absolute atomic E-state index is 0.231. The van der Waals surface area contributed by atoms with Gasteiger partial charge < -0.3 is 9.64 Å². The van der Waals surface area contributed by atoms with Crippen molar-refractivity contribution in [1.29, 1.82) is 0 Å². The summed E-state index contributed by atoms with van der Waals surface area (Å²) < 4.78 is 4.83. The topological polar surface area (TPSA) is 75.3 Å². The molecule has 0 spiro atoms. The normalized spacial score (nSPS) is 13.3. The molecule has 0 saturated carbocycles. The fraction of sp³-hybridized carbons (Fsp3) is 0.190. The number of carbonyl (C=O) groups is 2. The molecule has 1 N–H and O–H groups in total. The molecule has 0 radical (unpaired) electrons. The molecule has 6 nitrogen and oxygen atoms in total. The zero-order chi connectivity index (χ0) is 18.8. The molecule has 1 amide bonds. The number of anilines is 1. The number of rotatable bonds is 4. The van der Waals surface area contributed by atoms with Crippen molar-refractivity contribution in [2.45, 2.75) is 13.3 Å². The third kappa shape index (κ3) is 3.21. The number of nitrogens with zero attached hydrogens (tertiary/aromatic N) is 2. The van der Waals surface area contributed by atoms with Crippen molar-refractivity contribution in [2.24, 2.45) is 0 Å². The van der Waals surface area contributed by atoms with Crippen LogP contribution in [-0.2, 0) is 20.7 Å². The van der Waals surface area contributed by atoms with Crippen LogP contribution in [0.4, 0.5) is 5.69 Å². The van der Waals surface area contributed by atoms with E-state index in [0.717, 1.165) is 39.8 Å². The van der Waals surface area contributed by atoms with Gasteiger partial charge in [-0.05, 0) is 31.0 Å². The van der Waals surface area contributed by atoms with Crippen molar-refractivity contribution < 1.29 is 14.3 Å². The van der Waals surface area contributed by atoms with Crippen LogP contribution in [0.5, 0.6) is 0 Å². The van der Waals surface area contributed by atoms with Crippen LogP contribution in [0, 0.1) is 0 Å². The van der Waals surface area contributed by atoms with Crippen LogP contribution in [0.15, 0.2) is 54.6 Å². The van der Waals surface area contributed by atoms with E-state index in [1.54, 1.807) is 11.8 Å². The van der Waals surface area contributed by atoms with Crippen LogP contribution in [-0.4, -0.2) is 35.2 Å². The second kappa shape index (κ2) is 7.07. The van der Waals surface area contributed by atoms with Gasteiger partial charge >= 0.3 is 5.97 Å². The molecule has 1 aliphatic rings. The molecule has 2 aromatic carbocycles. The van der Waals surface area contributed by atoms with E-state index in [4.69, 9.17) is 4.74 Å². The first-order chi connectivity index (χ1) is 13.2. The Morgan fingerprint density at radius 1 is 1.22 bits per heavy atom. The van der Waals surface area contributed by atoms with Crippen molar-refractivity contribution in [1.82, 2.24) is 10.2 Å². The first-order valence-corrected chi connectivity index (χ1v) is 8.90. The van der Waals surface area contributed by atoms with Crippen molar-refractivity contribution >= 4 is 28.5 Å². The Hall–Kier alpha value is -3.41. The fourth-order valence-electron chi connectivity index (χ4n) is 3.36. The number of hydrogen-bond acceptors (Lipinski definition) is 4. The Morgan fingerprint density at radius 3 is 2.93 bits per heavy atom. The first-order valence-electron chi connectivity index (χ1n) is 8.90. The average molecular weight is 361 g/mol. The highest BCUT2D eigenvalue weighted by molar-refractivity contribution is 6.06. The van der Waals surface area contributed by atoms with E-state index in [1.807, 2.05) is 42.5 Å². The summed E-state index contributed by atoms with van der Waals surface area (Å²) in [7, 11) is 0. The zero-order valence-electron chi connectivity index (χ0n) is 14.9. The summed E-state index contributed by atoms with van der Waals surface area (Å²) in [5.41, 5.74) is 4.74. The van der Waals surface area contributed by atoms with E-state index < -0.39 is 5.97 Å². The van der Waals surface area contributed by atoms with E-state index in [-0.39, 0.29) is 12.5 Å². The Kier molecular flexibility index (Phi) is 4.46. The molecular weight excluding hydrogens is 342 g/mol. The molecule has 1 aliphatic heterocycles. The number of benzene rings is 2. The maximum atomic E-state index is 12.5. The molecule has 0 atom stereocenters. The molecule has 0 unspecified atom stereocenters. The van der Waals surface area contributed by atoms with Gasteiger partial charge in [-0.25, -0.2) is 4.79 Å². The highest BCUT2D eigenvalue weighted by Crippen LogP contribution is 2.34. The fourth-order valence-corrected chi connectivity index (χ4v) is 3.36. The number of carbonyl (C=O) groups excluding carboxylic acids is 2. The van der Waals surface area contributed by atoms with E-state index >= 15 is 0 Å². The Balaban J connectivity index is 1.64. The summed E-state index contributed by atoms with van der Waals surface area (Å²) in [6.45, 7) is 2.60. The molecule has 0 fully saturated rings. The quantitative estimate of drug-likeness (QED) is 0.572. The number of para-hydroxylation sites is 1. The van der Waals surface area contributed by atoms with Gasteiger partial charge in [0.2, 0.25) is 0 Å². The number of amides is 1. The number of esters is 1. The third-order valence-corrected chi connectivity index (χ3v) is 4.64. The zero-order valence-corrected chi connectivity index (χ0v) is 14.9. The molecule has 0 saturated heterocycles. The van der Waals surface area contributed by atoms with Gasteiger partial charge in [-0.3, -0.25) is 9.89 Å². The van der Waals surface area contributed by atoms with E-state index in [2.05, 4.69) is 10.2 Å². The van der Waals surface area contributed by atoms with Crippen molar-refractivity contribution in [2.75, 3.05) is 18.1 Å². The minimum Gasteiger partial charge on any atom is -0.463 e. The SMILES string of the molecule is CCOC(=O)/C=C/C(=O)N1CCc2ccc(-c3n[nH]c4ccccc34)cc21. The van der Waals surface area contributed by atoms with E-state index in [0.29, 0.717) is 6.54 Å². The molecule has 1 aromatic heterocycles. The number of fused-ring (bicyclic) bond motifs is 2. The van der Waals surface area contributed by atoms with E-state index in [9.17, 15) is 9.59 Å². The van der Waals surface area contributed by atoms with Gasteiger partial charge in [0.15, 0.2) is 0 Å². The van der Waals surface area contributed by atoms with Crippen molar-refractivity contribution in [3.8, 4) is 11.3 Å². The Bertz CT molecular complexity index is 1050. The number of aromatic nitrogens is 2. The molecular formula is C21H19N3O3. The monoisotopic (exact) mass is 361 g/mol. The van der Waals surface area contributed by atoms with Gasteiger partial charge in [0.05, 0.1) is 17.8 Å². The van der Waals surface area contributed by atoms with Crippen molar-refractivity contribution in [3.63, 3.8) is 0 Å². The standard InChI is InChI=1S/C21H19N3O3/c1-2-27-20(26)10-9-19(25)24-12-11-14-7-8-15(13-18(14)24)21-16-5-3-4-6-17(16)22-23-21/h3-10,13H,2,11-12H2,1H3,(H,22,23)/b10-9+. The Labute approximate surface area is 156 Å². The largest absolute Gasteiger partial charge is 0.463 e. The predicted octanol–water partition coefficient (Wildman–Crippen LogP) is 3.24. The molecule has 27 heavy (non-hydrogen) atoms. The maximum Gasteiger partial charge on any atom is 0.330 e. The van der Waals surface area contributed by atoms with Gasteiger partial charge in [0, 0.05) is 35.3 Å². The summed E-state index contributed by atoms with van der Waals surface area (Å²) >= 11 is 0. The summed E-state index contributed by atoms with van der Waals surface area (Å²) in [6, 6.07) is 14.0. The lowest BCUT2D eigenvalue weighted by Crippen LogP contribution is -2.27. The first kappa shape index (κ1) is 17.0. The highest BCUT2D eigenvalue weighted by Gasteiger charge is 2.24. The molecule has 0 aliphatic carbocycles. The number of aromatic amines is 1. The number of nitrogens with one attached hydrogen (secondary N) is 1. The van der Waals surface area contributed by atoms with Gasteiger partial charge in [-0.2, -0.15) is 5.10 Å². The number of hydrogen-bond donors (Lipinski definition) is 1. The van der Waals surface area contributed by atoms with Gasteiger partial charge in [0.1, 0.15) is 0 Å². The molecule has 3 aromatic rings. The lowest BCUT2D eigenvalue weighted by atomic mass is 10.0. The second-order valence-electron chi connectivity index (χ2n) is 6.29. The van der Waals surface area contributed by atoms with Crippen LogP contribution < -0.4 is 4.90 Å². The second-order valence-corrected chi connectivity index (χ2v) is 6.29. The smallest absolute Gasteiger partial charge is 0.330 e. The third-order valence-electron chi connectivity index (χ3n) is 4.64. The average Bonchev–Trinajstić information content (AvgIpc) is 3.30. The van der Waals surface area contributed by atoms with Crippen LogP contribution in [0.1, 0.15) is 12.5 Å². The highest BCUT2D eigenvalue weighted by atomic mass is 16.5. The summed E-state index contributed by atoms with van der Waals surface area (Å²) in [6.07, 6.45) is 3.23. The van der Waals surface area contributed by atoms with Crippen LogP contribution in [0.3, 0.4) is 0 Å². The molecule has 6 heteroatoms. The van der Waals surface area contributed by atoms with Gasteiger partial charge in [-0.1, -0.05) is 30.3 Å². The maximum absolute atomic E-state index is 12.5. The molecule has 4 rings (SSSR count). The lowest BCUT2D eigenvalue weighted by Gasteiger charge is -2.15. The van der Waals surface area contributed by atoms with Crippen LogP contribution in [0.25, 0.3) is 22.2 Å². The Morgan fingerprint density at radius 2 is 2.07 bits per heavy atom. The molecule has 0 bridgehead atoms. The lowest BCUT2D eigenvalue weighted by molar-refractivity contribution is -0.137. The van der Waals surface area contributed by atoms with Crippen molar-refractivity contribution in [3.05, 3.63) is 60.2 Å². The van der Waals surface area contributed by atoms with Gasteiger partial charge in [0.25, 0.3) is 5.91 Å². The summed E-state index contributed by atoms with van der Waals surface area (Å²) in [4.78, 5) is 25.7.